The van der Waals surface area contributed by atoms with Gasteiger partial charge in [-0.05, 0) is 37.6 Å². The minimum absolute atomic E-state index is 0.332. The number of nitrogen functional groups attached to an aromatic ring is 1. The van der Waals surface area contributed by atoms with Crippen molar-refractivity contribution in [2.24, 2.45) is 0 Å². The number of nitrogens with zero attached hydrogens (tertiary/aromatic N) is 1. The predicted octanol–water partition coefficient (Wildman–Crippen LogP) is 2.78. The summed E-state index contributed by atoms with van der Waals surface area (Å²) in [5.41, 5.74) is 9.55. The summed E-state index contributed by atoms with van der Waals surface area (Å²) in [6.07, 6.45) is 1.66. The second-order valence-corrected chi connectivity index (χ2v) is 4.67. The Balaban J connectivity index is 2.32. The van der Waals surface area contributed by atoms with E-state index in [4.69, 9.17) is 10.5 Å². The number of aromatic nitrogens is 2. The molecular formula is C15H15N3O2. The van der Waals surface area contributed by atoms with E-state index in [1.807, 2.05) is 25.1 Å². The number of pyridine rings is 1. The Morgan fingerprint density at radius 3 is 2.95 bits per heavy atom. The molecule has 0 aliphatic carbocycles. The molecule has 0 fully saturated rings. The summed E-state index contributed by atoms with van der Waals surface area (Å²) in [5.74, 6) is -0.398. The molecule has 3 aromatic rings. The van der Waals surface area contributed by atoms with Crippen molar-refractivity contribution in [1.82, 2.24) is 9.97 Å². The summed E-state index contributed by atoms with van der Waals surface area (Å²) < 4.78 is 5.03. The number of nitrogens with one attached hydrogen (secondary N) is 1. The molecule has 5 heteroatoms. The number of benzene rings is 1. The lowest BCUT2D eigenvalue weighted by atomic mass is 10.1. The number of H-pyrrole nitrogens is 1. The van der Waals surface area contributed by atoms with Gasteiger partial charge in [0.15, 0.2) is 5.69 Å². The number of aryl methyl sites for hydroxylation is 1. The SMILES string of the molecule is CCOC(=O)c1ncc2[nH]c3ccc(N)cc3c2c1C. The van der Waals surface area contributed by atoms with E-state index in [0.717, 1.165) is 27.4 Å². The average Bonchev–Trinajstić information content (AvgIpc) is 2.77. The summed E-state index contributed by atoms with van der Waals surface area (Å²) in [6.45, 7) is 3.98. The highest BCUT2D eigenvalue weighted by atomic mass is 16.5. The Bertz CT molecular complexity index is 821. The first-order valence-electron chi connectivity index (χ1n) is 6.45. The summed E-state index contributed by atoms with van der Waals surface area (Å²) in [4.78, 5) is 19.4. The van der Waals surface area contributed by atoms with Gasteiger partial charge >= 0.3 is 5.97 Å². The second-order valence-electron chi connectivity index (χ2n) is 4.67. The first-order valence-corrected chi connectivity index (χ1v) is 6.45. The van der Waals surface area contributed by atoms with Crippen LogP contribution in [0.2, 0.25) is 0 Å². The van der Waals surface area contributed by atoms with Crippen LogP contribution in [0.25, 0.3) is 21.8 Å². The molecule has 0 aliphatic heterocycles. The van der Waals surface area contributed by atoms with E-state index in [-0.39, 0.29) is 0 Å². The number of carbonyl (C=O) groups is 1. The van der Waals surface area contributed by atoms with E-state index in [9.17, 15) is 4.79 Å². The van der Waals surface area contributed by atoms with Gasteiger partial charge in [0.2, 0.25) is 0 Å². The van der Waals surface area contributed by atoms with Crippen molar-refractivity contribution >= 4 is 33.5 Å². The minimum Gasteiger partial charge on any atom is -0.461 e. The van der Waals surface area contributed by atoms with Crippen molar-refractivity contribution < 1.29 is 9.53 Å². The maximum Gasteiger partial charge on any atom is 0.357 e. The van der Waals surface area contributed by atoms with E-state index in [1.165, 1.54) is 0 Å². The molecule has 3 rings (SSSR count). The zero-order valence-corrected chi connectivity index (χ0v) is 11.4. The fourth-order valence-corrected chi connectivity index (χ4v) is 2.48. The van der Waals surface area contributed by atoms with Gasteiger partial charge in [0, 0.05) is 22.0 Å². The zero-order valence-electron chi connectivity index (χ0n) is 11.4. The van der Waals surface area contributed by atoms with Crippen LogP contribution in [0, 0.1) is 6.92 Å². The molecule has 0 amide bonds. The topological polar surface area (TPSA) is 81.0 Å². The van der Waals surface area contributed by atoms with E-state index in [2.05, 4.69) is 9.97 Å². The van der Waals surface area contributed by atoms with E-state index in [0.29, 0.717) is 18.0 Å². The van der Waals surface area contributed by atoms with Gasteiger partial charge in [0.05, 0.1) is 18.3 Å². The zero-order chi connectivity index (χ0) is 14.3. The van der Waals surface area contributed by atoms with E-state index >= 15 is 0 Å². The molecule has 0 atom stereocenters. The van der Waals surface area contributed by atoms with Crippen molar-refractivity contribution in [2.45, 2.75) is 13.8 Å². The first kappa shape index (κ1) is 12.5. The van der Waals surface area contributed by atoms with Gasteiger partial charge in [-0.2, -0.15) is 0 Å². The maximum absolute atomic E-state index is 11.9. The molecule has 102 valence electrons. The molecule has 1 aromatic carbocycles. The van der Waals surface area contributed by atoms with Gasteiger partial charge in [0.1, 0.15) is 0 Å². The van der Waals surface area contributed by atoms with Gasteiger partial charge in [-0.25, -0.2) is 9.78 Å². The Kier molecular flexibility index (Phi) is 2.82. The molecule has 2 aromatic heterocycles. The lowest BCUT2D eigenvalue weighted by molar-refractivity contribution is 0.0519. The molecule has 2 heterocycles. The maximum atomic E-state index is 11.9. The minimum atomic E-state index is -0.398. The first-order chi connectivity index (χ1) is 9.61. The Hall–Kier alpha value is -2.56. The monoisotopic (exact) mass is 269 g/mol. The third-order valence-corrected chi connectivity index (χ3v) is 3.37. The smallest absolute Gasteiger partial charge is 0.357 e. The van der Waals surface area contributed by atoms with E-state index in [1.54, 1.807) is 13.1 Å². The van der Waals surface area contributed by atoms with Crippen LogP contribution >= 0.6 is 0 Å². The number of carbonyl (C=O) groups excluding carboxylic acids is 1. The number of aromatic amines is 1. The predicted molar refractivity (Wildman–Crippen MR) is 78.7 cm³/mol. The van der Waals surface area contributed by atoms with Crippen LogP contribution in [-0.4, -0.2) is 22.5 Å². The van der Waals surface area contributed by atoms with Crippen molar-refractivity contribution in [1.29, 1.82) is 0 Å². The Labute approximate surface area is 115 Å². The lowest BCUT2D eigenvalue weighted by Gasteiger charge is -2.05. The van der Waals surface area contributed by atoms with E-state index < -0.39 is 5.97 Å². The molecular weight excluding hydrogens is 254 g/mol. The summed E-state index contributed by atoms with van der Waals surface area (Å²) in [6, 6.07) is 5.66. The van der Waals surface area contributed by atoms with Crippen LogP contribution in [0.4, 0.5) is 5.69 Å². The average molecular weight is 269 g/mol. The highest BCUT2D eigenvalue weighted by molar-refractivity contribution is 6.11. The molecule has 0 spiro atoms. The third kappa shape index (κ3) is 1.79. The summed E-state index contributed by atoms with van der Waals surface area (Å²) in [7, 11) is 0. The number of anilines is 1. The van der Waals surface area contributed by atoms with Crippen LogP contribution in [0.5, 0.6) is 0 Å². The number of hydrogen-bond donors (Lipinski definition) is 2. The number of nitrogens with two attached hydrogens (primary N) is 1. The molecule has 0 bridgehead atoms. The van der Waals surface area contributed by atoms with Gasteiger partial charge < -0.3 is 15.5 Å². The summed E-state index contributed by atoms with van der Waals surface area (Å²) >= 11 is 0. The van der Waals surface area contributed by atoms with Gasteiger partial charge in [0.25, 0.3) is 0 Å². The quantitative estimate of drug-likeness (QED) is 0.553. The van der Waals surface area contributed by atoms with Crippen molar-refractivity contribution in [3.05, 3.63) is 35.7 Å². The van der Waals surface area contributed by atoms with Crippen LogP contribution in [-0.2, 0) is 4.74 Å². The van der Waals surface area contributed by atoms with Gasteiger partial charge in [-0.1, -0.05) is 0 Å². The summed E-state index contributed by atoms with van der Waals surface area (Å²) in [5, 5.41) is 1.95. The molecule has 20 heavy (non-hydrogen) atoms. The fraction of sp³-hybridized carbons (Fsp3) is 0.200. The Morgan fingerprint density at radius 2 is 2.20 bits per heavy atom. The number of rotatable bonds is 2. The van der Waals surface area contributed by atoms with Crippen molar-refractivity contribution in [3.63, 3.8) is 0 Å². The number of ether oxygens (including phenoxy) is 1. The number of hydrogen-bond acceptors (Lipinski definition) is 4. The fourth-order valence-electron chi connectivity index (χ4n) is 2.48. The third-order valence-electron chi connectivity index (χ3n) is 3.37. The second kappa shape index (κ2) is 4.52. The molecule has 5 nitrogen and oxygen atoms in total. The van der Waals surface area contributed by atoms with Crippen LogP contribution in [0.1, 0.15) is 23.0 Å². The van der Waals surface area contributed by atoms with Gasteiger partial charge in [-0.15, -0.1) is 0 Å². The highest BCUT2D eigenvalue weighted by Crippen LogP contribution is 2.30. The number of esters is 1. The Morgan fingerprint density at radius 1 is 1.40 bits per heavy atom. The van der Waals surface area contributed by atoms with Crippen molar-refractivity contribution in [2.75, 3.05) is 12.3 Å². The van der Waals surface area contributed by atoms with Crippen LogP contribution in [0.3, 0.4) is 0 Å². The molecule has 0 saturated carbocycles. The number of fused-ring (bicyclic) bond motifs is 3. The largest absolute Gasteiger partial charge is 0.461 e. The normalized spacial score (nSPS) is 11.1. The van der Waals surface area contributed by atoms with Crippen LogP contribution < -0.4 is 5.73 Å². The van der Waals surface area contributed by atoms with Crippen LogP contribution in [0.15, 0.2) is 24.4 Å². The molecule has 0 radical (unpaired) electrons. The lowest BCUT2D eigenvalue weighted by Crippen LogP contribution is -2.09. The highest BCUT2D eigenvalue weighted by Gasteiger charge is 2.17. The molecule has 0 saturated heterocycles. The van der Waals surface area contributed by atoms with Crippen molar-refractivity contribution in [3.8, 4) is 0 Å². The molecule has 0 unspecified atom stereocenters. The van der Waals surface area contributed by atoms with Gasteiger partial charge in [-0.3, -0.25) is 0 Å². The standard InChI is InChI=1S/C15H15N3O2/c1-3-20-15(19)14-8(2)13-10-6-9(16)4-5-11(10)18-12(13)7-17-14/h4-7,18H,3,16H2,1-2H3. The molecule has 3 N–H and O–H groups in total. The molecule has 0 aliphatic rings.